The summed E-state index contributed by atoms with van der Waals surface area (Å²) in [6, 6.07) is 14.7. The largest absolute Gasteiger partial charge is 0.255 e. The van der Waals surface area contributed by atoms with Gasteiger partial charge < -0.3 is 0 Å². The molecule has 0 unspecified atom stereocenters. The molecule has 0 bridgehead atoms. The first-order chi connectivity index (χ1) is 14.1. The summed E-state index contributed by atoms with van der Waals surface area (Å²) in [7, 11) is 0. The van der Waals surface area contributed by atoms with E-state index in [-0.39, 0.29) is 5.69 Å². The van der Waals surface area contributed by atoms with Gasteiger partial charge in [-0.3, -0.25) is 4.98 Å². The molecule has 144 valence electrons. The lowest BCUT2D eigenvalue weighted by atomic mass is 10.1. The van der Waals surface area contributed by atoms with E-state index in [1.54, 1.807) is 41.9 Å². The van der Waals surface area contributed by atoms with Crippen LogP contribution in [0.4, 0.5) is 18.9 Å². The van der Waals surface area contributed by atoms with Gasteiger partial charge in [0.05, 0.1) is 17.6 Å². The van der Waals surface area contributed by atoms with Gasteiger partial charge in [0, 0.05) is 23.2 Å². The van der Waals surface area contributed by atoms with Gasteiger partial charge in [-0.15, -0.1) is 11.3 Å². The Morgan fingerprint density at radius 2 is 1.76 bits per heavy atom. The van der Waals surface area contributed by atoms with Gasteiger partial charge in [-0.25, -0.2) is 22.8 Å². The number of halogens is 3. The minimum absolute atomic E-state index is 0.0462. The lowest BCUT2D eigenvalue weighted by molar-refractivity contribution is 0.584. The van der Waals surface area contributed by atoms with E-state index in [1.807, 2.05) is 6.07 Å². The fourth-order valence-electron chi connectivity index (χ4n) is 2.59. The second-order valence-electron chi connectivity index (χ2n) is 5.90. The number of rotatable bonds is 4. The standard InChI is InChI=1S/C21H13F3N4S/c22-14-8-9-19(18(24)11-14)27-21-28(26-12-15-5-3-4-10-25-15)20(13-29-21)16-6-1-2-7-17(16)23/h1-13H. The molecular formula is C21H13F3N4S. The fraction of sp³-hybridized carbons (Fsp3) is 0. The summed E-state index contributed by atoms with van der Waals surface area (Å²) in [5.74, 6) is -1.92. The van der Waals surface area contributed by atoms with E-state index in [2.05, 4.69) is 15.1 Å². The molecular weight excluding hydrogens is 397 g/mol. The highest BCUT2D eigenvalue weighted by Crippen LogP contribution is 2.24. The summed E-state index contributed by atoms with van der Waals surface area (Å²) in [4.78, 5) is 8.72. The van der Waals surface area contributed by atoms with Crippen LogP contribution < -0.4 is 4.80 Å². The first-order valence-corrected chi connectivity index (χ1v) is 9.40. The van der Waals surface area contributed by atoms with Crippen LogP contribution in [0.3, 0.4) is 0 Å². The van der Waals surface area contributed by atoms with E-state index in [9.17, 15) is 13.2 Å². The van der Waals surface area contributed by atoms with Gasteiger partial charge >= 0.3 is 0 Å². The van der Waals surface area contributed by atoms with Crippen molar-refractivity contribution in [1.82, 2.24) is 9.66 Å². The van der Waals surface area contributed by atoms with Crippen molar-refractivity contribution in [3.63, 3.8) is 0 Å². The average Bonchev–Trinajstić information content (AvgIpc) is 3.12. The van der Waals surface area contributed by atoms with Crippen molar-refractivity contribution < 1.29 is 13.2 Å². The topological polar surface area (TPSA) is 42.5 Å². The number of hydrogen-bond acceptors (Lipinski definition) is 4. The maximum absolute atomic E-state index is 14.4. The van der Waals surface area contributed by atoms with Crippen LogP contribution in [-0.2, 0) is 0 Å². The van der Waals surface area contributed by atoms with Crippen LogP contribution in [0.2, 0.25) is 0 Å². The molecule has 0 aliphatic heterocycles. The highest BCUT2D eigenvalue weighted by Gasteiger charge is 2.12. The van der Waals surface area contributed by atoms with Crippen LogP contribution >= 0.6 is 11.3 Å². The number of hydrogen-bond donors (Lipinski definition) is 0. The van der Waals surface area contributed by atoms with Crippen LogP contribution in [0.15, 0.2) is 82.3 Å². The SMILES string of the molecule is Fc1ccc(N=c2scc(-c3ccccc3F)n2N=Cc2ccccn2)c(F)c1. The Hall–Kier alpha value is -3.52. The predicted octanol–water partition coefficient (Wildman–Crippen LogP) is 5.14. The molecule has 4 nitrogen and oxygen atoms in total. The molecule has 0 N–H and O–H groups in total. The van der Waals surface area contributed by atoms with E-state index in [4.69, 9.17) is 0 Å². The summed E-state index contributed by atoms with van der Waals surface area (Å²) in [6.45, 7) is 0. The molecule has 2 heterocycles. The molecule has 0 radical (unpaired) electrons. The Labute approximate surface area is 168 Å². The molecule has 0 amide bonds. The maximum Gasteiger partial charge on any atom is 0.211 e. The van der Waals surface area contributed by atoms with Crippen molar-refractivity contribution in [2.24, 2.45) is 10.1 Å². The Morgan fingerprint density at radius 3 is 2.52 bits per heavy atom. The Bertz CT molecular complexity index is 1250. The molecule has 2 aromatic heterocycles. The second-order valence-corrected chi connectivity index (χ2v) is 6.74. The van der Waals surface area contributed by atoms with Crippen molar-refractivity contribution in [3.8, 4) is 11.3 Å². The lowest BCUT2D eigenvalue weighted by Gasteiger charge is -2.05. The van der Waals surface area contributed by atoms with E-state index < -0.39 is 17.5 Å². The van der Waals surface area contributed by atoms with Gasteiger partial charge in [0.1, 0.15) is 17.3 Å². The molecule has 0 aliphatic rings. The summed E-state index contributed by atoms with van der Waals surface area (Å²) >= 11 is 1.16. The molecule has 0 spiro atoms. The van der Waals surface area contributed by atoms with Gasteiger partial charge in [-0.1, -0.05) is 18.2 Å². The molecule has 8 heteroatoms. The molecule has 0 saturated heterocycles. The Kier molecular flexibility index (Phi) is 5.35. The molecule has 4 rings (SSSR count). The zero-order valence-corrected chi connectivity index (χ0v) is 15.7. The van der Waals surface area contributed by atoms with Gasteiger partial charge in [-0.2, -0.15) is 5.10 Å². The number of aromatic nitrogens is 2. The predicted molar refractivity (Wildman–Crippen MR) is 107 cm³/mol. The molecule has 0 saturated carbocycles. The molecule has 29 heavy (non-hydrogen) atoms. The van der Waals surface area contributed by atoms with Gasteiger partial charge in [0.25, 0.3) is 0 Å². The van der Waals surface area contributed by atoms with Crippen molar-refractivity contribution in [3.05, 3.63) is 100 Å². The van der Waals surface area contributed by atoms with E-state index in [1.165, 1.54) is 23.0 Å². The molecule has 4 aromatic rings. The quantitative estimate of drug-likeness (QED) is 0.430. The van der Waals surface area contributed by atoms with Crippen LogP contribution in [0.1, 0.15) is 5.69 Å². The second kappa shape index (κ2) is 8.24. The smallest absolute Gasteiger partial charge is 0.211 e. The lowest BCUT2D eigenvalue weighted by Crippen LogP contribution is -2.12. The number of benzene rings is 2. The van der Waals surface area contributed by atoms with Gasteiger partial charge in [-0.05, 0) is 36.4 Å². The number of nitrogens with zero attached hydrogens (tertiary/aromatic N) is 4. The molecule has 0 fully saturated rings. The minimum atomic E-state index is -0.800. The number of thiazole rings is 1. The molecule has 2 aromatic carbocycles. The highest BCUT2D eigenvalue weighted by molar-refractivity contribution is 7.07. The van der Waals surface area contributed by atoms with Crippen LogP contribution in [0.25, 0.3) is 11.3 Å². The van der Waals surface area contributed by atoms with Gasteiger partial charge in [0.15, 0.2) is 5.82 Å². The minimum Gasteiger partial charge on any atom is -0.255 e. The summed E-state index contributed by atoms with van der Waals surface area (Å²) < 4.78 is 43.0. The van der Waals surface area contributed by atoms with Crippen LogP contribution in [-0.4, -0.2) is 15.9 Å². The van der Waals surface area contributed by atoms with Crippen LogP contribution in [0, 0.1) is 17.5 Å². The summed E-state index contributed by atoms with van der Waals surface area (Å²) in [5.41, 5.74) is 1.31. The van der Waals surface area contributed by atoms with Crippen molar-refractivity contribution in [1.29, 1.82) is 0 Å². The van der Waals surface area contributed by atoms with Crippen molar-refractivity contribution in [2.45, 2.75) is 0 Å². The highest BCUT2D eigenvalue weighted by atomic mass is 32.1. The van der Waals surface area contributed by atoms with Gasteiger partial charge in [0.2, 0.25) is 4.80 Å². The molecule has 0 aliphatic carbocycles. The van der Waals surface area contributed by atoms with E-state index >= 15 is 0 Å². The van der Waals surface area contributed by atoms with E-state index in [0.717, 1.165) is 23.5 Å². The normalized spacial score (nSPS) is 12.0. The third kappa shape index (κ3) is 4.17. The number of pyridine rings is 1. The molecule has 0 atom stereocenters. The Balaban J connectivity index is 1.89. The first-order valence-electron chi connectivity index (χ1n) is 8.52. The summed E-state index contributed by atoms with van der Waals surface area (Å²) in [5, 5.41) is 6.05. The van der Waals surface area contributed by atoms with E-state index in [0.29, 0.717) is 21.8 Å². The monoisotopic (exact) mass is 410 g/mol. The van der Waals surface area contributed by atoms with Crippen LogP contribution in [0.5, 0.6) is 0 Å². The third-order valence-corrected chi connectivity index (χ3v) is 4.77. The zero-order chi connectivity index (χ0) is 20.2. The maximum atomic E-state index is 14.4. The van der Waals surface area contributed by atoms with Crippen molar-refractivity contribution >= 4 is 23.2 Å². The average molecular weight is 410 g/mol. The Morgan fingerprint density at radius 1 is 0.931 bits per heavy atom. The summed E-state index contributed by atoms with van der Waals surface area (Å²) in [6.07, 6.45) is 3.12. The zero-order valence-electron chi connectivity index (χ0n) is 14.8. The third-order valence-electron chi connectivity index (χ3n) is 3.95. The van der Waals surface area contributed by atoms with Crippen molar-refractivity contribution in [2.75, 3.05) is 0 Å². The fourth-order valence-corrected chi connectivity index (χ4v) is 3.43. The first kappa shape index (κ1) is 18.8.